The second kappa shape index (κ2) is 7.51. The monoisotopic (exact) mass is 427 g/mol. The molecular weight excluding hydrogens is 411 g/mol. The zero-order valence-corrected chi connectivity index (χ0v) is 16.5. The molecular formula is C18H17ClF3N5O2. The average molecular weight is 428 g/mol. The molecule has 0 bridgehead atoms. The Morgan fingerprint density at radius 3 is 2.59 bits per heavy atom. The number of halogens is 4. The van der Waals surface area contributed by atoms with Gasteiger partial charge in [-0.15, -0.1) is 0 Å². The van der Waals surface area contributed by atoms with Crippen LogP contribution in [0.2, 0.25) is 5.02 Å². The summed E-state index contributed by atoms with van der Waals surface area (Å²) in [4.78, 5) is 16.6. The standard InChI is InChI=1S/C18H17ClF3N5O2/c1-17(2,3)16-25-13(26-29-16)9-23-15(28)12-8-24-27(14(12)18(20,21)22)11-6-4-5-10(19)7-11/h4-8H,9H2,1-3H3,(H,23,28). The molecule has 1 N–H and O–H groups in total. The van der Waals surface area contributed by atoms with Crippen LogP contribution in [-0.4, -0.2) is 25.8 Å². The highest BCUT2D eigenvalue weighted by Gasteiger charge is 2.40. The zero-order valence-electron chi connectivity index (χ0n) is 15.7. The SMILES string of the molecule is CC(C)(C)c1nc(CNC(=O)c2cnn(-c3cccc(Cl)c3)c2C(F)(F)F)no1. The number of alkyl halides is 3. The topological polar surface area (TPSA) is 85.8 Å². The Bertz CT molecular complexity index is 1040. The minimum atomic E-state index is -4.82. The number of hydrogen-bond acceptors (Lipinski definition) is 5. The molecule has 0 unspecified atom stereocenters. The predicted molar refractivity (Wildman–Crippen MR) is 97.7 cm³/mol. The van der Waals surface area contributed by atoms with Crippen molar-refractivity contribution in [2.75, 3.05) is 0 Å². The van der Waals surface area contributed by atoms with E-state index in [1.807, 2.05) is 20.8 Å². The van der Waals surface area contributed by atoms with Crippen LogP contribution in [-0.2, 0) is 18.1 Å². The lowest BCUT2D eigenvalue weighted by Crippen LogP contribution is -2.26. The molecule has 0 fully saturated rings. The molecule has 2 heterocycles. The molecule has 7 nitrogen and oxygen atoms in total. The van der Waals surface area contributed by atoms with Gasteiger partial charge < -0.3 is 9.84 Å². The Kier molecular flexibility index (Phi) is 5.40. The number of aromatic nitrogens is 4. The lowest BCUT2D eigenvalue weighted by Gasteiger charge is -2.13. The van der Waals surface area contributed by atoms with Crippen LogP contribution in [0.5, 0.6) is 0 Å². The van der Waals surface area contributed by atoms with Crippen molar-refractivity contribution in [3.63, 3.8) is 0 Å². The van der Waals surface area contributed by atoms with E-state index in [0.717, 1.165) is 6.20 Å². The highest BCUT2D eigenvalue weighted by Crippen LogP contribution is 2.34. The fourth-order valence-electron chi connectivity index (χ4n) is 2.48. The fraction of sp³-hybridized carbons (Fsp3) is 0.333. The lowest BCUT2D eigenvalue weighted by molar-refractivity contribution is -0.143. The van der Waals surface area contributed by atoms with E-state index in [0.29, 0.717) is 10.6 Å². The van der Waals surface area contributed by atoms with E-state index < -0.39 is 28.8 Å². The maximum absolute atomic E-state index is 13.7. The number of nitrogens with zero attached hydrogens (tertiary/aromatic N) is 4. The first-order valence-electron chi connectivity index (χ1n) is 8.49. The number of carbonyl (C=O) groups is 1. The third-order valence-corrected chi connectivity index (χ3v) is 4.09. The number of rotatable bonds is 4. The van der Waals surface area contributed by atoms with Crippen LogP contribution in [0.15, 0.2) is 35.0 Å². The molecule has 0 saturated heterocycles. The molecule has 0 aliphatic rings. The zero-order chi connectivity index (χ0) is 21.4. The molecule has 29 heavy (non-hydrogen) atoms. The smallest absolute Gasteiger partial charge is 0.344 e. The van der Waals surface area contributed by atoms with E-state index in [4.69, 9.17) is 16.1 Å². The first-order chi connectivity index (χ1) is 13.5. The Balaban J connectivity index is 1.86. The Morgan fingerprint density at radius 1 is 1.28 bits per heavy atom. The molecule has 0 aliphatic carbocycles. The van der Waals surface area contributed by atoms with Crippen molar-refractivity contribution in [2.24, 2.45) is 0 Å². The van der Waals surface area contributed by atoms with Gasteiger partial charge in [0.2, 0.25) is 5.89 Å². The van der Waals surface area contributed by atoms with E-state index in [1.54, 1.807) is 0 Å². The summed E-state index contributed by atoms with van der Waals surface area (Å²) in [6.07, 6.45) is -3.97. The van der Waals surface area contributed by atoms with E-state index in [2.05, 4.69) is 20.6 Å². The summed E-state index contributed by atoms with van der Waals surface area (Å²) in [5.41, 5.74) is -2.15. The van der Waals surface area contributed by atoms with Gasteiger partial charge in [-0.05, 0) is 18.2 Å². The average Bonchev–Trinajstić information content (AvgIpc) is 3.26. The second-order valence-electron chi connectivity index (χ2n) is 7.24. The summed E-state index contributed by atoms with van der Waals surface area (Å²) in [5, 5.41) is 10.1. The van der Waals surface area contributed by atoms with E-state index in [-0.39, 0.29) is 23.1 Å². The number of carbonyl (C=O) groups excluding carboxylic acids is 1. The van der Waals surface area contributed by atoms with Gasteiger partial charge in [0.1, 0.15) is 0 Å². The van der Waals surface area contributed by atoms with Gasteiger partial charge in [-0.3, -0.25) is 4.79 Å². The van der Waals surface area contributed by atoms with E-state index in [9.17, 15) is 18.0 Å². The van der Waals surface area contributed by atoms with Crippen LogP contribution >= 0.6 is 11.6 Å². The number of nitrogens with one attached hydrogen (secondary N) is 1. The van der Waals surface area contributed by atoms with Gasteiger partial charge in [0, 0.05) is 10.4 Å². The van der Waals surface area contributed by atoms with Crippen molar-refractivity contribution < 1.29 is 22.5 Å². The number of benzene rings is 1. The molecule has 0 spiro atoms. The molecule has 0 aliphatic heterocycles. The highest BCUT2D eigenvalue weighted by atomic mass is 35.5. The second-order valence-corrected chi connectivity index (χ2v) is 7.68. The molecule has 154 valence electrons. The van der Waals surface area contributed by atoms with Crippen LogP contribution in [0.1, 0.15) is 48.5 Å². The number of hydrogen-bond donors (Lipinski definition) is 1. The van der Waals surface area contributed by atoms with Crippen molar-refractivity contribution >= 4 is 17.5 Å². The summed E-state index contributed by atoms with van der Waals surface area (Å²) < 4.78 is 46.7. The first kappa shape index (κ1) is 20.8. The van der Waals surface area contributed by atoms with Crippen molar-refractivity contribution in [1.29, 1.82) is 0 Å². The molecule has 0 radical (unpaired) electrons. The lowest BCUT2D eigenvalue weighted by atomic mass is 9.97. The highest BCUT2D eigenvalue weighted by molar-refractivity contribution is 6.30. The normalized spacial score (nSPS) is 12.2. The van der Waals surface area contributed by atoms with Gasteiger partial charge in [0.15, 0.2) is 11.5 Å². The van der Waals surface area contributed by atoms with Crippen LogP contribution in [0.4, 0.5) is 13.2 Å². The van der Waals surface area contributed by atoms with Gasteiger partial charge in [0.05, 0.1) is 24.0 Å². The molecule has 11 heteroatoms. The van der Waals surface area contributed by atoms with Crippen LogP contribution in [0.3, 0.4) is 0 Å². The predicted octanol–water partition coefficient (Wildman–Crippen LogP) is 4.16. The van der Waals surface area contributed by atoms with Gasteiger partial charge in [-0.2, -0.15) is 23.3 Å². The summed E-state index contributed by atoms with van der Waals surface area (Å²) in [5.74, 6) is -0.460. The molecule has 0 atom stereocenters. The summed E-state index contributed by atoms with van der Waals surface area (Å²) in [6, 6.07) is 5.73. The van der Waals surface area contributed by atoms with Gasteiger partial charge >= 0.3 is 6.18 Å². The van der Waals surface area contributed by atoms with Crippen molar-refractivity contribution in [3.05, 3.63) is 58.5 Å². The molecule has 3 rings (SSSR count). The van der Waals surface area contributed by atoms with Crippen LogP contribution in [0, 0.1) is 0 Å². The minimum absolute atomic E-state index is 0.0804. The quantitative estimate of drug-likeness (QED) is 0.675. The minimum Gasteiger partial charge on any atom is -0.344 e. The molecule has 1 amide bonds. The summed E-state index contributed by atoms with van der Waals surface area (Å²) >= 11 is 5.86. The van der Waals surface area contributed by atoms with Crippen molar-refractivity contribution in [2.45, 2.75) is 38.9 Å². The summed E-state index contributed by atoms with van der Waals surface area (Å²) in [7, 11) is 0. The molecule has 0 saturated carbocycles. The van der Waals surface area contributed by atoms with Crippen molar-refractivity contribution in [3.8, 4) is 5.69 Å². The van der Waals surface area contributed by atoms with Gasteiger partial charge in [0.25, 0.3) is 5.91 Å². The van der Waals surface area contributed by atoms with E-state index >= 15 is 0 Å². The maximum atomic E-state index is 13.7. The fourth-order valence-corrected chi connectivity index (χ4v) is 2.66. The largest absolute Gasteiger partial charge is 0.434 e. The molecule has 3 aromatic rings. The van der Waals surface area contributed by atoms with E-state index in [1.165, 1.54) is 24.3 Å². The number of amides is 1. The Labute approximate surface area is 168 Å². The Hall–Kier alpha value is -2.88. The third-order valence-electron chi connectivity index (χ3n) is 3.85. The molecule has 2 aromatic heterocycles. The molecule has 1 aromatic carbocycles. The van der Waals surface area contributed by atoms with Crippen molar-refractivity contribution in [1.82, 2.24) is 25.2 Å². The third kappa shape index (κ3) is 4.58. The van der Waals surface area contributed by atoms with Crippen LogP contribution in [0.25, 0.3) is 5.69 Å². The summed E-state index contributed by atoms with van der Waals surface area (Å²) in [6.45, 7) is 5.40. The first-order valence-corrected chi connectivity index (χ1v) is 8.87. The van der Waals surface area contributed by atoms with Gasteiger partial charge in [-0.1, -0.05) is 43.6 Å². The Morgan fingerprint density at radius 2 is 2.00 bits per heavy atom. The van der Waals surface area contributed by atoms with Crippen LogP contribution < -0.4 is 5.32 Å². The van der Waals surface area contributed by atoms with Gasteiger partial charge in [-0.25, -0.2) is 4.68 Å². The maximum Gasteiger partial charge on any atom is 0.434 e.